The number of anilines is 1. The zero-order valence-corrected chi connectivity index (χ0v) is 17.9. The maximum atomic E-state index is 12.8. The number of nitrogens with zero attached hydrogens (tertiary/aromatic N) is 3. The quantitative estimate of drug-likeness (QED) is 0.528. The molecule has 0 amide bonds. The van der Waals surface area contributed by atoms with Crippen LogP contribution in [0.25, 0.3) is 22.5 Å². The van der Waals surface area contributed by atoms with Crippen LogP contribution < -0.4 is 10.5 Å². The van der Waals surface area contributed by atoms with Crippen LogP contribution >= 0.6 is 0 Å². The van der Waals surface area contributed by atoms with Gasteiger partial charge in [-0.1, -0.05) is 13.0 Å². The summed E-state index contributed by atoms with van der Waals surface area (Å²) in [5.41, 5.74) is 10.2. The number of aliphatic hydroxyl groups is 1. The summed E-state index contributed by atoms with van der Waals surface area (Å²) in [6, 6.07) is 7.93. The van der Waals surface area contributed by atoms with Crippen LogP contribution in [0.4, 0.5) is 5.82 Å². The van der Waals surface area contributed by atoms with Crippen molar-refractivity contribution in [3.05, 3.63) is 54.0 Å². The maximum absolute atomic E-state index is 12.8. The van der Waals surface area contributed by atoms with Crippen LogP contribution in [-0.2, 0) is 10.0 Å². The van der Waals surface area contributed by atoms with E-state index in [1.165, 1.54) is 12.3 Å². The lowest BCUT2D eigenvalue weighted by Crippen LogP contribution is -2.36. The zero-order valence-electron chi connectivity index (χ0n) is 17.1. The Kier molecular flexibility index (Phi) is 6.45. The Hall–Kier alpha value is -2.88. The van der Waals surface area contributed by atoms with E-state index in [2.05, 4.69) is 19.7 Å². The summed E-state index contributed by atoms with van der Waals surface area (Å²) in [5.74, 6) is 0.279. The number of nitrogen functional groups attached to an aromatic ring is 1. The van der Waals surface area contributed by atoms with Gasteiger partial charge in [0.05, 0.1) is 23.4 Å². The molecule has 3 rings (SSSR count). The van der Waals surface area contributed by atoms with Gasteiger partial charge in [-0.15, -0.1) is 0 Å². The number of rotatable bonds is 7. The Morgan fingerprint density at radius 1 is 1.17 bits per heavy atom. The molecule has 2 heterocycles. The molecule has 8 nitrogen and oxygen atoms in total. The summed E-state index contributed by atoms with van der Waals surface area (Å²) in [5, 5.41) is 9.34. The third-order valence-electron chi connectivity index (χ3n) is 4.80. The predicted octanol–water partition coefficient (Wildman–Crippen LogP) is 2.45. The van der Waals surface area contributed by atoms with Crippen LogP contribution in [0, 0.1) is 13.8 Å². The average molecular weight is 428 g/mol. The van der Waals surface area contributed by atoms with Crippen LogP contribution in [-0.4, -0.2) is 41.1 Å². The van der Waals surface area contributed by atoms with Crippen LogP contribution in [0.3, 0.4) is 0 Å². The van der Waals surface area contributed by atoms with Crippen molar-refractivity contribution in [2.24, 2.45) is 0 Å². The normalized spacial score (nSPS) is 12.7. The lowest BCUT2D eigenvalue weighted by molar-refractivity contribution is 0.254. The minimum atomic E-state index is -3.80. The third-order valence-corrected chi connectivity index (χ3v) is 6.32. The second-order valence-electron chi connectivity index (χ2n) is 7.06. The Morgan fingerprint density at radius 3 is 2.60 bits per heavy atom. The molecule has 1 atom stereocenters. The second kappa shape index (κ2) is 8.86. The molecule has 30 heavy (non-hydrogen) atoms. The number of aromatic nitrogens is 3. The van der Waals surface area contributed by atoms with Gasteiger partial charge >= 0.3 is 0 Å². The second-order valence-corrected chi connectivity index (χ2v) is 8.77. The first-order chi connectivity index (χ1) is 14.2. The summed E-state index contributed by atoms with van der Waals surface area (Å²) in [4.78, 5) is 13.2. The fraction of sp³-hybridized carbons (Fsp3) is 0.286. The van der Waals surface area contributed by atoms with Gasteiger partial charge in [-0.2, -0.15) is 0 Å². The zero-order chi connectivity index (χ0) is 21.9. The molecule has 158 valence electrons. The first-order valence-corrected chi connectivity index (χ1v) is 11.0. The molecule has 0 bridgehead atoms. The number of nitrogens with two attached hydrogens (primary N) is 1. The number of sulfonamides is 1. The average Bonchev–Trinajstić information content (AvgIpc) is 2.72. The third kappa shape index (κ3) is 4.64. The van der Waals surface area contributed by atoms with Crippen LogP contribution in [0.2, 0.25) is 0 Å². The van der Waals surface area contributed by atoms with E-state index in [1.807, 2.05) is 19.9 Å². The van der Waals surface area contributed by atoms with E-state index in [1.54, 1.807) is 31.3 Å². The minimum absolute atomic E-state index is 0.0925. The monoisotopic (exact) mass is 427 g/mol. The topological polar surface area (TPSA) is 131 Å². The highest BCUT2D eigenvalue weighted by Gasteiger charge is 2.20. The van der Waals surface area contributed by atoms with Crippen molar-refractivity contribution in [3.63, 3.8) is 0 Å². The number of benzene rings is 1. The molecule has 0 saturated heterocycles. The maximum Gasteiger partial charge on any atom is 0.240 e. The van der Waals surface area contributed by atoms with Crippen LogP contribution in [0.5, 0.6) is 0 Å². The fourth-order valence-corrected chi connectivity index (χ4v) is 4.35. The first kappa shape index (κ1) is 21.8. The molecule has 4 N–H and O–H groups in total. The number of aliphatic hydroxyl groups excluding tert-OH is 1. The number of hydrogen-bond acceptors (Lipinski definition) is 7. The molecular formula is C21H25N5O3S. The van der Waals surface area contributed by atoms with Crippen LogP contribution in [0.1, 0.15) is 24.6 Å². The van der Waals surface area contributed by atoms with Crippen molar-refractivity contribution in [2.45, 2.75) is 38.1 Å². The van der Waals surface area contributed by atoms with Gasteiger partial charge in [-0.3, -0.25) is 4.98 Å². The van der Waals surface area contributed by atoms with Crippen molar-refractivity contribution >= 4 is 15.8 Å². The van der Waals surface area contributed by atoms with Crippen molar-refractivity contribution in [2.75, 3.05) is 12.3 Å². The molecule has 0 aliphatic rings. The highest BCUT2D eigenvalue weighted by molar-refractivity contribution is 7.89. The molecule has 0 aliphatic carbocycles. The molecule has 0 saturated carbocycles. The molecule has 1 aromatic carbocycles. The molecule has 0 radical (unpaired) electrons. The summed E-state index contributed by atoms with van der Waals surface area (Å²) in [6.07, 6.45) is 3.68. The van der Waals surface area contributed by atoms with E-state index in [0.717, 1.165) is 16.8 Å². The Bertz CT molecular complexity index is 1160. The minimum Gasteiger partial charge on any atom is -0.395 e. The first-order valence-electron chi connectivity index (χ1n) is 9.55. The highest BCUT2D eigenvalue weighted by Crippen LogP contribution is 2.29. The van der Waals surface area contributed by atoms with Gasteiger partial charge in [0.1, 0.15) is 11.5 Å². The predicted molar refractivity (Wildman–Crippen MR) is 116 cm³/mol. The fourth-order valence-electron chi connectivity index (χ4n) is 3.01. The standard InChI is InChI=1S/C21H25N5O3S/c1-4-16(12-27)26-30(28,29)17-6-5-13(2)18(10-17)19-11-24-21(22)20(25-19)15-7-8-23-14(3)9-15/h5-11,16,26-27H,4,12H2,1-3H3,(H2,22,24)/t16-/m0/s1. The van der Waals surface area contributed by atoms with Crippen LogP contribution in [0.15, 0.2) is 47.6 Å². The number of nitrogens with one attached hydrogen (secondary N) is 1. The SMILES string of the molecule is CC[C@@H](CO)NS(=O)(=O)c1ccc(C)c(-c2cnc(N)c(-c3ccnc(C)c3)n2)c1. The van der Waals surface area contributed by atoms with Gasteiger partial charge < -0.3 is 10.8 Å². The lowest BCUT2D eigenvalue weighted by atomic mass is 10.1. The van der Waals surface area contributed by atoms with E-state index in [4.69, 9.17) is 5.73 Å². The van der Waals surface area contributed by atoms with Crippen molar-refractivity contribution in [1.29, 1.82) is 0 Å². The molecule has 3 aromatic rings. The smallest absolute Gasteiger partial charge is 0.240 e. The summed E-state index contributed by atoms with van der Waals surface area (Å²) >= 11 is 0. The summed E-state index contributed by atoms with van der Waals surface area (Å²) in [6.45, 7) is 5.28. The van der Waals surface area contributed by atoms with Gasteiger partial charge in [0.25, 0.3) is 0 Å². The van der Waals surface area contributed by atoms with E-state index in [0.29, 0.717) is 23.4 Å². The Balaban J connectivity index is 2.07. The van der Waals surface area contributed by atoms with E-state index in [9.17, 15) is 13.5 Å². The van der Waals surface area contributed by atoms with E-state index in [-0.39, 0.29) is 17.3 Å². The lowest BCUT2D eigenvalue weighted by Gasteiger charge is -2.16. The summed E-state index contributed by atoms with van der Waals surface area (Å²) < 4.78 is 28.0. The Labute approximate surface area is 176 Å². The number of hydrogen-bond donors (Lipinski definition) is 3. The van der Waals surface area contributed by atoms with Gasteiger partial charge in [0, 0.05) is 29.1 Å². The molecular weight excluding hydrogens is 402 g/mol. The number of pyridine rings is 1. The molecule has 9 heteroatoms. The van der Waals surface area contributed by atoms with Crippen molar-refractivity contribution in [1.82, 2.24) is 19.7 Å². The van der Waals surface area contributed by atoms with E-state index < -0.39 is 16.1 Å². The largest absolute Gasteiger partial charge is 0.395 e. The van der Waals surface area contributed by atoms with Gasteiger partial charge in [0.2, 0.25) is 10.0 Å². The molecule has 0 fully saturated rings. The van der Waals surface area contributed by atoms with Crippen molar-refractivity contribution in [3.8, 4) is 22.5 Å². The van der Waals surface area contributed by atoms with E-state index >= 15 is 0 Å². The Morgan fingerprint density at radius 2 is 1.93 bits per heavy atom. The van der Waals surface area contributed by atoms with Crippen molar-refractivity contribution < 1.29 is 13.5 Å². The van der Waals surface area contributed by atoms with Gasteiger partial charge in [0.15, 0.2) is 0 Å². The van der Waals surface area contributed by atoms with Gasteiger partial charge in [-0.25, -0.2) is 23.1 Å². The highest BCUT2D eigenvalue weighted by atomic mass is 32.2. The molecule has 0 spiro atoms. The van der Waals surface area contributed by atoms with Gasteiger partial charge in [-0.05, 0) is 50.1 Å². The molecule has 0 unspecified atom stereocenters. The summed E-state index contributed by atoms with van der Waals surface area (Å²) in [7, 11) is -3.80. The number of aryl methyl sites for hydroxylation is 2. The molecule has 0 aliphatic heterocycles. The molecule has 2 aromatic heterocycles.